The summed E-state index contributed by atoms with van der Waals surface area (Å²) < 4.78 is 5.70. The van der Waals surface area contributed by atoms with Gasteiger partial charge in [0.05, 0.1) is 13.5 Å². The number of benzene rings is 1. The molecule has 1 aromatic rings. The van der Waals surface area contributed by atoms with Crippen LogP contribution in [0.15, 0.2) is 12.1 Å². The third kappa shape index (κ3) is 3.99. The molecule has 0 spiro atoms. The number of aliphatic carboxylic acids is 1. The quantitative estimate of drug-likeness (QED) is 0.879. The van der Waals surface area contributed by atoms with Gasteiger partial charge in [-0.2, -0.15) is 0 Å². The molecule has 0 saturated carbocycles. The second-order valence-corrected chi connectivity index (χ2v) is 7.28. The maximum Gasteiger partial charge on any atom is 0.307 e. The zero-order chi connectivity index (χ0) is 16.4. The Hall–Kier alpha value is -1.51. The van der Waals surface area contributed by atoms with Crippen LogP contribution in [0.25, 0.3) is 0 Å². The Morgan fingerprint density at radius 1 is 1.14 bits per heavy atom. The minimum absolute atomic E-state index is 0.0415. The number of carboxylic acid groups (broad SMARTS) is 1. The lowest BCUT2D eigenvalue weighted by Crippen LogP contribution is -2.22. The summed E-state index contributed by atoms with van der Waals surface area (Å²) in [5.41, 5.74) is 2.85. The molecule has 0 bridgehead atoms. The average Bonchev–Trinajstić information content (AvgIpc) is 2.36. The fourth-order valence-electron chi connectivity index (χ4n) is 2.44. The molecule has 1 rings (SSSR count). The summed E-state index contributed by atoms with van der Waals surface area (Å²) in [6.07, 6.45) is 1.00. The molecule has 0 aliphatic heterocycles. The summed E-state index contributed by atoms with van der Waals surface area (Å²) in [5.74, 6) is 0.0868. The first kappa shape index (κ1) is 17.5. The van der Waals surface area contributed by atoms with Crippen LogP contribution in [-0.4, -0.2) is 18.2 Å². The van der Waals surface area contributed by atoms with E-state index in [1.165, 1.54) is 0 Å². The van der Waals surface area contributed by atoms with Gasteiger partial charge in [-0.25, -0.2) is 0 Å². The summed E-state index contributed by atoms with van der Waals surface area (Å²) in [6, 6.07) is 3.97. The molecule has 0 aliphatic rings. The molecule has 0 heterocycles. The first-order valence-electron chi connectivity index (χ1n) is 7.46. The number of ether oxygens (including phenoxy) is 1. The van der Waals surface area contributed by atoms with Crippen LogP contribution in [0.2, 0.25) is 0 Å². The topological polar surface area (TPSA) is 46.5 Å². The van der Waals surface area contributed by atoms with Gasteiger partial charge in [0.15, 0.2) is 0 Å². The molecule has 0 aromatic heterocycles. The largest absolute Gasteiger partial charge is 0.496 e. The molecule has 1 N–H and O–H groups in total. The Bertz CT molecular complexity index is 522. The van der Waals surface area contributed by atoms with Gasteiger partial charge in [-0.1, -0.05) is 53.7 Å². The maximum atomic E-state index is 11.1. The van der Waals surface area contributed by atoms with Crippen LogP contribution < -0.4 is 4.74 Å². The summed E-state index contributed by atoms with van der Waals surface area (Å²) in [5, 5.41) is 9.11. The Morgan fingerprint density at radius 2 is 1.67 bits per heavy atom. The Balaban J connectivity index is 3.63. The molecular weight excluding hydrogens is 264 g/mol. The summed E-state index contributed by atoms with van der Waals surface area (Å²) >= 11 is 0. The maximum absolute atomic E-state index is 11.1. The number of carbonyl (C=O) groups is 1. The minimum Gasteiger partial charge on any atom is -0.496 e. The number of hydrogen-bond acceptors (Lipinski definition) is 2. The highest BCUT2D eigenvalue weighted by molar-refractivity contribution is 5.71. The molecule has 0 atom stereocenters. The minimum atomic E-state index is -0.805. The molecule has 0 unspecified atom stereocenters. The first-order chi connectivity index (χ1) is 9.52. The molecular formula is C18H28O3. The van der Waals surface area contributed by atoms with Crippen LogP contribution in [0, 0.1) is 0 Å². The highest BCUT2D eigenvalue weighted by Crippen LogP contribution is 2.41. The van der Waals surface area contributed by atoms with E-state index in [0.29, 0.717) is 0 Å². The van der Waals surface area contributed by atoms with Gasteiger partial charge in [-0.3, -0.25) is 4.79 Å². The molecule has 0 saturated heterocycles. The second-order valence-electron chi connectivity index (χ2n) is 7.28. The number of methoxy groups -OCH3 is 1. The van der Waals surface area contributed by atoms with Crippen LogP contribution in [0.1, 0.15) is 64.7 Å². The van der Waals surface area contributed by atoms with Gasteiger partial charge >= 0.3 is 5.97 Å². The van der Waals surface area contributed by atoms with E-state index in [-0.39, 0.29) is 17.3 Å². The van der Waals surface area contributed by atoms with Crippen LogP contribution in [0.4, 0.5) is 0 Å². The SMILES string of the molecule is CCC(C)(C)c1cc(CC(=O)O)cc(C(C)(C)C)c1OC. The van der Waals surface area contributed by atoms with E-state index in [4.69, 9.17) is 9.84 Å². The van der Waals surface area contributed by atoms with Crippen molar-refractivity contribution in [2.75, 3.05) is 7.11 Å². The normalized spacial score (nSPS) is 12.3. The monoisotopic (exact) mass is 292 g/mol. The summed E-state index contributed by atoms with van der Waals surface area (Å²) in [4.78, 5) is 11.1. The van der Waals surface area contributed by atoms with E-state index in [1.54, 1.807) is 7.11 Å². The average molecular weight is 292 g/mol. The molecule has 118 valence electrons. The first-order valence-corrected chi connectivity index (χ1v) is 7.46. The van der Waals surface area contributed by atoms with E-state index < -0.39 is 5.97 Å². The fraction of sp³-hybridized carbons (Fsp3) is 0.611. The Morgan fingerprint density at radius 3 is 2.05 bits per heavy atom. The van der Waals surface area contributed by atoms with E-state index in [1.807, 2.05) is 12.1 Å². The molecule has 3 nitrogen and oxygen atoms in total. The number of rotatable bonds is 5. The van der Waals surface area contributed by atoms with Gasteiger partial charge < -0.3 is 9.84 Å². The van der Waals surface area contributed by atoms with Crippen LogP contribution in [0.5, 0.6) is 5.75 Å². The van der Waals surface area contributed by atoms with Gasteiger partial charge in [0.25, 0.3) is 0 Å². The molecule has 0 fully saturated rings. The Labute approximate surface area is 128 Å². The van der Waals surface area contributed by atoms with Crippen molar-refractivity contribution >= 4 is 5.97 Å². The molecule has 0 amide bonds. The van der Waals surface area contributed by atoms with Crippen LogP contribution in [-0.2, 0) is 22.0 Å². The van der Waals surface area contributed by atoms with E-state index in [9.17, 15) is 4.79 Å². The van der Waals surface area contributed by atoms with Crippen molar-refractivity contribution in [3.63, 3.8) is 0 Å². The molecule has 21 heavy (non-hydrogen) atoms. The van der Waals surface area contributed by atoms with Crippen molar-refractivity contribution in [3.8, 4) is 5.75 Å². The number of carboxylic acids is 1. The predicted octanol–water partition coefficient (Wildman–Crippen LogP) is 4.31. The van der Waals surface area contributed by atoms with E-state index in [0.717, 1.165) is 28.9 Å². The molecule has 3 heteroatoms. The summed E-state index contributed by atoms with van der Waals surface area (Å²) in [7, 11) is 1.69. The van der Waals surface area contributed by atoms with Gasteiger partial charge in [0, 0.05) is 11.1 Å². The van der Waals surface area contributed by atoms with Gasteiger partial charge in [-0.05, 0) is 22.8 Å². The zero-order valence-electron chi connectivity index (χ0n) is 14.3. The standard InChI is InChI=1S/C18H28O3/c1-8-18(5,6)14-10-12(11-15(19)20)9-13(16(14)21-7)17(2,3)4/h9-10H,8,11H2,1-7H3,(H,19,20). The lowest BCUT2D eigenvalue weighted by Gasteiger charge is -2.31. The highest BCUT2D eigenvalue weighted by Gasteiger charge is 2.29. The van der Waals surface area contributed by atoms with Gasteiger partial charge in [-0.15, -0.1) is 0 Å². The fourth-order valence-corrected chi connectivity index (χ4v) is 2.44. The van der Waals surface area contributed by atoms with E-state index in [2.05, 4.69) is 41.5 Å². The van der Waals surface area contributed by atoms with Gasteiger partial charge in [0.2, 0.25) is 0 Å². The Kier molecular flexibility index (Phi) is 5.08. The van der Waals surface area contributed by atoms with Crippen molar-refractivity contribution < 1.29 is 14.6 Å². The smallest absolute Gasteiger partial charge is 0.307 e. The van der Waals surface area contributed by atoms with Gasteiger partial charge in [0.1, 0.15) is 5.75 Å². The third-order valence-electron chi connectivity index (χ3n) is 4.13. The predicted molar refractivity (Wildman–Crippen MR) is 86.4 cm³/mol. The zero-order valence-corrected chi connectivity index (χ0v) is 14.3. The highest BCUT2D eigenvalue weighted by atomic mass is 16.5. The molecule has 1 aromatic carbocycles. The van der Waals surface area contributed by atoms with Crippen LogP contribution in [0.3, 0.4) is 0 Å². The molecule has 0 radical (unpaired) electrons. The van der Waals surface area contributed by atoms with Crippen LogP contribution >= 0.6 is 0 Å². The molecule has 0 aliphatic carbocycles. The van der Waals surface area contributed by atoms with Crippen molar-refractivity contribution in [3.05, 3.63) is 28.8 Å². The van der Waals surface area contributed by atoms with Crippen molar-refractivity contribution in [1.29, 1.82) is 0 Å². The lowest BCUT2D eigenvalue weighted by molar-refractivity contribution is -0.136. The number of hydrogen-bond donors (Lipinski definition) is 1. The third-order valence-corrected chi connectivity index (χ3v) is 4.13. The summed E-state index contributed by atoms with van der Waals surface area (Å²) in [6.45, 7) is 12.8. The van der Waals surface area contributed by atoms with E-state index >= 15 is 0 Å². The second kappa shape index (κ2) is 6.08. The van der Waals surface area contributed by atoms with Crippen molar-refractivity contribution in [1.82, 2.24) is 0 Å². The van der Waals surface area contributed by atoms with Crippen molar-refractivity contribution in [2.24, 2.45) is 0 Å². The lowest BCUT2D eigenvalue weighted by atomic mass is 9.76. The van der Waals surface area contributed by atoms with Crippen molar-refractivity contribution in [2.45, 2.75) is 65.2 Å².